The highest BCUT2D eigenvalue weighted by Crippen LogP contribution is 2.26. The molecule has 0 spiro atoms. The summed E-state index contributed by atoms with van der Waals surface area (Å²) in [4.78, 5) is 39.7. The van der Waals surface area contributed by atoms with Crippen molar-refractivity contribution >= 4 is 23.5 Å². The maximum atomic E-state index is 13.0. The highest BCUT2D eigenvalue weighted by atomic mass is 16.5. The Morgan fingerprint density at radius 3 is 2.41 bits per heavy atom. The number of benzene rings is 2. The normalized spacial score (nSPS) is 19.8. The lowest BCUT2D eigenvalue weighted by Crippen LogP contribution is -2.54. The maximum Gasteiger partial charge on any atom is 0.335 e. The lowest BCUT2D eigenvalue weighted by Gasteiger charge is -2.33. The molecule has 0 aromatic heterocycles. The summed E-state index contributed by atoms with van der Waals surface area (Å²) in [5.41, 5.74) is 3.13. The number of fused-ring (bicyclic) bond motifs is 1. The predicted octanol–water partition coefficient (Wildman–Crippen LogP) is 1.02. The summed E-state index contributed by atoms with van der Waals surface area (Å²) in [6, 6.07) is 14.5. The van der Waals surface area contributed by atoms with Crippen molar-refractivity contribution in [3.05, 3.63) is 65.2 Å². The lowest BCUT2D eigenvalue weighted by atomic mass is 10.1. The number of ether oxygens (including phenoxy) is 1. The summed E-state index contributed by atoms with van der Waals surface area (Å²) >= 11 is 0. The molecule has 150 valence electrons. The predicted molar refractivity (Wildman–Crippen MR) is 102 cm³/mol. The van der Waals surface area contributed by atoms with Gasteiger partial charge in [-0.3, -0.25) is 9.59 Å². The standard InChI is InChI=1S/C21H20N2O6/c24-17(21(27)28)18-20(26)23(8-9-29-18)16-7-3-6-13(10-16)19(25)22-11-14-4-1-2-5-15(14)12-22/h1-7,10,17-18,24H,8-9,11-12H2,(H,27,28)/t17-,18-/m1/s1. The van der Waals surface area contributed by atoms with Gasteiger partial charge in [0.2, 0.25) is 0 Å². The van der Waals surface area contributed by atoms with E-state index in [0.717, 1.165) is 11.1 Å². The van der Waals surface area contributed by atoms with Gasteiger partial charge < -0.3 is 24.7 Å². The van der Waals surface area contributed by atoms with Crippen LogP contribution in [0.5, 0.6) is 0 Å². The molecule has 2 aromatic carbocycles. The molecule has 8 nitrogen and oxygen atoms in total. The Labute approximate surface area is 166 Å². The van der Waals surface area contributed by atoms with E-state index in [0.29, 0.717) is 24.3 Å². The largest absolute Gasteiger partial charge is 0.479 e. The minimum Gasteiger partial charge on any atom is -0.479 e. The highest BCUT2D eigenvalue weighted by Gasteiger charge is 2.39. The van der Waals surface area contributed by atoms with Gasteiger partial charge in [-0.15, -0.1) is 0 Å². The summed E-state index contributed by atoms with van der Waals surface area (Å²) in [5, 5.41) is 18.7. The average Bonchev–Trinajstić information content (AvgIpc) is 3.17. The molecular weight excluding hydrogens is 376 g/mol. The van der Waals surface area contributed by atoms with E-state index >= 15 is 0 Å². The minimum absolute atomic E-state index is 0.0837. The van der Waals surface area contributed by atoms with Crippen LogP contribution >= 0.6 is 0 Å². The van der Waals surface area contributed by atoms with E-state index in [4.69, 9.17) is 9.84 Å². The van der Waals surface area contributed by atoms with E-state index in [1.807, 2.05) is 24.3 Å². The fourth-order valence-electron chi connectivity index (χ4n) is 3.68. The van der Waals surface area contributed by atoms with E-state index < -0.39 is 24.1 Å². The van der Waals surface area contributed by atoms with E-state index in [9.17, 15) is 19.5 Å². The zero-order valence-electron chi connectivity index (χ0n) is 15.5. The SMILES string of the molecule is O=C(O)[C@H](O)[C@H]1OCCN(c2cccc(C(=O)N3Cc4ccccc4C3)c2)C1=O. The van der Waals surface area contributed by atoms with Crippen LogP contribution < -0.4 is 4.90 Å². The zero-order chi connectivity index (χ0) is 20.5. The van der Waals surface area contributed by atoms with Gasteiger partial charge in [-0.1, -0.05) is 30.3 Å². The third-order valence-corrected chi connectivity index (χ3v) is 5.19. The summed E-state index contributed by atoms with van der Waals surface area (Å²) in [6.45, 7) is 1.35. The third kappa shape index (κ3) is 3.59. The molecule has 2 heterocycles. The molecule has 2 N–H and O–H groups in total. The van der Waals surface area contributed by atoms with Crippen molar-refractivity contribution in [2.75, 3.05) is 18.1 Å². The number of carbonyl (C=O) groups excluding carboxylic acids is 2. The number of hydrogen-bond acceptors (Lipinski definition) is 5. The molecule has 2 amide bonds. The van der Waals surface area contributed by atoms with Gasteiger partial charge in [0.1, 0.15) is 0 Å². The van der Waals surface area contributed by atoms with Crippen molar-refractivity contribution in [1.29, 1.82) is 0 Å². The molecule has 0 aliphatic carbocycles. The molecule has 0 saturated carbocycles. The van der Waals surface area contributed by atoms with Crippen LogP contribution in [-0.4, -0.2) is 58.3 Å². The number of carbonyl (C=O) groups is 3. The monoisotopic (exact) mass is 396 g/mol. The number of amides is 2. The number of carboxylic acids is 1. The first-order valence-electron chi connectivity index (χ1n) is 9.25. The Kier molecular flexibility index (Phi) is 5.04. The van der Waals surface area contributed by atoms with Gasteiger partial charge in [-0.25, -0.2) is 4.79 Å². The summed E-state index contributed by atoms with van der Waals surface area (Å²) in [5.74, 6) is -2.32. The van der Waals surface area contributed by atoms with Gasteiger partial charge >= 0.3 is 5.97 Å². The molecule has 8 heteroatoms. The molecular formula is C21H20N2O6. The molecule has 0 unspecified atom stereocenters. The van der Waals surface area contributed by atoms with Gasteiger partial charge in [0, 0.05) is 30.9 Å². The number of hydrogen-bond donors (Lipinski definition) is 2. The molecule has 2 aromatic rings. The second-order valence-electron chi connectivity index (χ2n) is 7.04. The minimum atomic E-state index is -1.95. The number of nitrogens with zero attached hydrogens (tertiary/aromatic N) is 2. The second kappa shape index (κ2) is 7.65. The van der Waals surface area contributed by atoms with Gasteiger partial charge in [-0.2, -0.15) is 0 Å². The van der Waals surface area contributed by atoms with Crippen molar-refractivity contribution in [3.63, 3.8) is 0 Å². The van der Waals surface area contributed by atoms with Crippen LogP contribution in [0.2, 0.25) is 0 Å². The summed E-state index contributed by atoms with van der Waals surface area (Å²) in [7, 11) is 0. The molecule has 2 aliphatic heterocycles. The smallest absolute Gasteiger partial charge is 0.335 e. The maximum absolute atomic E-state index is 13.0. The molecule has 2 atom stereocenters. The van der Waals surface area contributed by atoms with E-state index in [-0.39, 0.29) is 19.1 Å². The van der Waals surface area contributed by atoms with Crippen LogP contribution in [0.4, 0.5) is 5.69 Å². The van der Waals surface area contributed by atoms with Crippen molar-refractivity contribution in [2.24, 2.45) is 0 Å². The zero-order valence-corrected chi connectivity index (χ0v) is 15.5. The van der Waals surface area contributed by atoms with Crippen molar-refractivity contribution in [3.8, 4) is 0 Å². The Balaban J connectivity index is 1.54. The number of aliphatic hydroxyl groups is 1. The Bertz CT molecular complexity index is 950. The topological polar surface area (TPSA) is 107 Å². The van der Waals surface area contributed by atoms with Gasteiger partial charge in [0.25, 0.3) is 11.8 Å². The van der Waals surface area contributed by atoms with Crippen molar-refractivity contribution < 1.29 is 29.3 Å². The van der Waals surface area contributed by atoms with E-state index in [1.165, 1.54) is 4.90 Å². The third-order valence-electron chi connectivity index (χ3n) is 5.19. The van der Waals surface area contributed by atoms with E-state index in [2.05, 4.69) is 0 Å². The Morgan fingerprint density at radius 1 is 1.07 bits per heavy atom. The quantitative estimate of drug-likeness (QED) is 0.799. The van der Waals surface area contributed by atoms with Crippen molar-refractivity contribution in [2.45, 2.75) is 25.3 Å². The summed E-state index contributed by atoms with van der Waals surface area (Å²) in [6.07, 6.45) is -3.42. The molecule has 4 rings (SSSR count). The molecule has 1 saturated heterocycles. The van der Waals surface area contributed by atoms with Gasteiger partial charge in [0.15, 0.2) is 12.2 Å². The number of anilines is 1. The molecule has 0 bridgehead atoms. The van der Waals surface area contributed by atoms with Crippen LogP contribution in [0.3, 0.4) is 0 Å². The van der Waals surface area contributed by atoms with Crippen LogP contribution in [0.25, 0.3) is 0 Å². The summed E-state index contributed by atoms with van der Waals surface area (Å²) < 4.78 is 5.16. The van der Waals surface area contributed by atoms with Gasteiger partial charge in [-0.05, 0) is 29.3 Å². The number of aliphatic hydroxyl groups excluding tert-OH is 1. The van der Waals surface area contributed by atoms with Crippen LogP contribution in [0, 0.1) is 0 Å². The first kappa shape index (κ1) is 19.1. The molecule has 2 aliphatic rings. The highest BCUT2D eigenvalue weighted by molar-refractivity contribution is 6.01. The van der Waals surface area contributed by atoms with Crippen LogP contribution in [0.1, 0.15) is 21.5 Å². The number of morpholine rings is 1. The fourth-order valence-corrected chi connectivity index (χ4v) is 3.68. The second-order valence-corrected chi connectivity index (χ2v) is 7.04. The van der Waals surface area contributed by atoms with Crippen LogP contribution in [0.15, 0.2) is 48.5 Å². The number of aliphatic carboxylic acids is 1. The first-order valence-corrected chi connectivity index (χ1v) is 9.25. The van der Waals surface area contributed by atoms with Gasteiger partial charge in [0.05, 0.1) is 6.61 Å². The first-order chi connectivity index (χ1) is 14.0. The number of rotatable bonds is 4. The Morgan fingerprint density at radius 2 is 1.76 bits per heavy atom. The van der Waals surface area contributed by atoms with Crippen molar-refractivity contribution in [1.82, 2.24) is 4.90 Å². The molecule has 0 radical (unpaired) electrons. The number of carboxylic acid groups (broad SMARTS) is 1. The average molecular weight is 396 g/mol. The lowest BCUT2D eigenvalue weighted by molar-refractivity contribution is -0.163. The fraction of sp³-hybridized carbons (Fsp3) is 0.286. The molecule has 1 fully saturated rings. The Hall–Kier alpha value is -3.23. The van der Waals surface area contributed by atoms with Crippen LogP contribution in [-0.2, 0) is 27.4 Å². The van der Waals surface area contributed by atoms with E-state index in [1.54, 1.807) is 29.2 Å². The molecule has 29 heavy (non-hydrogen) atoms.